The predicted octanol–water partition coefficient (Wildman–Crippen LogP) is 2.85. The van der Waals surface area contributed by atoms with E-state index in [1.54, 1.807) is 42.5 Å². The smallest absolute Gasteiger partial charge is 0.322 e. The highest BCUT2D eigenvalue weighted by Crippen LogP contribution is 2.30. The summed E-state index contributed by atoms with van der Waals surface area (Å²) >= 11 is 0. The summed E-state index contributed by atoms with van der Waals surface area (Å²) < 4.78 is 38.2. The molecule has 2 heterocycles. The van der Waals surface area contributed by atoms with Crippen LogP contribution in [0.4, 0.5) is 6.01 Å². The molecule has 1 N–H and O–H groups in total. The molecular weight excluding hydrogens is 420 g/mol. The lowest BCUT2D eigenvalue weighted by molar-refractivity contribution is -0.119. The van der Waals surface area contributed by atoms with Gasteiger partial charge in [-0.15, -0.1) is 5.10 Å². The number of amides is 1. The molecule has 0 aliphatic carbocycles. The summed E-state index contributed by atoms with van der Waals surface area (Å²) in [5.41, 5.74) is 1.54. The molecule has 3 aromatic rings. The van der Waals surface area contributed by atoms with Crippen LogP contribution < -0.4 is 10.1 Å². The number of rotatable bonds is 6. The molecule has 162 valence electrons. The number of para-hydroxylation sites is 1. The highest BCUT2D eigenvalue weighted by atomic mass is 32.2. The van der Waals surface area contributed by atoms with Gasteiger partial charge in [0.2, 0.25) is 15.9 Å². The molecule has 10 heteroatoms. The van der Waals surface area contributed by atoms with Crippen molar-refractivity contribution in [3.63, 3.8) is 0 Å². The van der Waals surface area contributed by atoms with E-state index in [2.05, 4.69) is 15.5 Å². The Morgan fingerprint density at radius 3 is 2.65 bits per heavy atom. The quantitative estimate of drug-likeness (QED) is 0.624. The first-order valence-corrected chi connectivity index (χ1v) is 11.2. The Morgan fingerprint density at radius 1 is 1.16 bits per heavy atom. The van der Waals surface area contributed by atoms with Gasteiger partial charge in [-0.1, -0.05) is 34.9 Å². The van der Waals surface area contributed by atoms with Crippen molar-refractivity contribution in [3.05, 3.63) is 54.1 Å². The summed E-state index contributed by atoms with van der Waals surface area (Å²) in [5.74, 6) is 0.224. The van der Waals surface area contributed by atoms with E-state index in [0.29, 0.717) is 24.2 Å². The Hall–Kier alpha value is -3.24. The second-order valence-electron chi connectivity index (χ2n) is 7.19. The Labute approximate surface area is 180 Å². The van der Waals surface area contributed by atoms with Crippen molar-refractivity contribution >= 4 is 21.9 Å². The van der Waals surface area contributed by atoms with Gasteiger partial charge in [0.25, 0.3) is 5.89 Å². The summed E-state index contributed by atoms with van der Waals surface area (Å²) in [7, 11) is -2.27. The number of ether oxygens (including phenoxy) is 1. The van der Waals surface area contributed by atoms with Gasteiger partial charge in [0.1, 0.15) is 11.8 Å². The van der Waals surface area contributed by atoms with Crippen LogP contribution in [-0.4, -0.2) is 48.5 Å². The number of benzene rings is 2. The minimum atomic E-state index is -3.80. The topological polar surface area (TPSA) is 115 Å². The average molecular weight is 442 g/mol. The third-order valence-electron chi connectivity index (χ3n) is 5.13. The fourth-order valence-electron chi connectivity index (χ4n) is 3.53. The van der Waals surface area contributed by atoms with Gasteiger partial charge >= 0.3 is 6.01 Å². The number of hydrogen-bond donors (Lipinski definition) is 1. The number of nitrogens with one attached hydrogen (secondary N) is 1. The standard InChI is InChI=1S/C21H22N4O5S/c1-14-9-11-15(12-10-14)31(27,28)25-13-5-7-17(25)19(26)22-21-24-23-20(30-21)16-6-3-4-8-18(16)29-2/h3-4,6,8-12,17H,5,7,13H2,1-2H3,(H,22,24,26). The first-order chi connectivity index (χ1) is 14.9. The number of aromatic nitrogens is 2. The second kappa shape index (κ2) is 8.48. The molecule has 0 radical (unpaired) electrons. The van der Waals surface area contributed by atoms with E-state index in [4.69, 9.17) is 9.15 Å². The van der Waals surface area contributed by atoms with Crippen molar-refractivity contribution in [1.82, 2.24) is 14.5 Å². The molecular formula is C21H22N4O5S. The minimum Gasteiger partial charge on any atom is -0.496 e. The Kier molecular flexibility index (Phi) is 5.75. The first-order valence-electron chi connectivity index (χ1n) is 9.76. The van der Waals surface area contributed by atoms with Crippen molar-refractivity contribution < 1.29 is 22.4 Å². The molecule has 4 rings (SSSR count). The van der Waals surface area contributed by atoms with E-state index in [0.717, 1.165) is 5.56 Å². The highest BCUT2D eigenvalue weighted by Gasteiger charge is 2.39. The monoisotopic (exact) mass is 442 g/mol. The van der Waals surface area contributed by atoms with Crippen LogP contribution in [0, 0.1) is 6.92 Å². The summed E-state index contributed by atoms with van der Waals surface area (Å²) in [6.07, 6.45) is 0.990. The minimum absolute atomic E-state index is 0.106. The van der Waals surface area contributed by atoms with Gasteiger partial charge in [-0.05, 0) is 44.0 Å². The van der Waals surface area contributed by atoms with Gasteiger partial charge in [-0.2, -0.15) is 4.31 Å². The number of carbonyl (C=O) groups is 1. The van der Waals surface area contributed by atoms with Crippen molar-refractivity contribution in [2.24, 2.45) is 0 Å². The van der Waals surface area contributed by atoms with Crippen molar-refractivity contribution in [1.29, 1.82) is 0 Å². The zero-order valence-electron chi connectivity index (χ0n) is 17.1. The Balaban J connectivity index is 1.52. The molecule has 1 aliphatic rings. The van der Waals surface area contributed by atoms with Gasteiger partial charge in [-0.3, -0.25) is 10.1 Å². The number of aryl methyl sites for hydroxylation is 1. The summed E-state index contributed by atoms with van der Waals surface area (Å²) in [6.45, 7) is 2.15. The molecule has 1 fully saturated rings. The summed E-state index contributed by atoms with van der Waals surface area (Å²) in [4.78, 5) is 13.0. The molecule has 9 nitrogen and oxygen atoms in total. The van der Waals surface area contributed by atoms with E-state index in [1.165, 1.54) is 11.4 Å². The number of nitrogens with zero attached hydrogens (tertiary/aromatic N) is 3. The molecule has 0 spiro atoms. The SMILES string of the molecule is COc1ccccc1-c1nnc(NC(=O)C2CCCN2S(=O)(=O)c2ccc(C)cc2)o1. The van der Waals surface area contributed by atoms with Crippen LogP contribution in [0.3, 0.4) is 0 Å². The first kappa shape index (κ1) is 21.0. The molecule has 1 aromatic heterocycles. The zero-order chi connectivity index (χ0) is 22.0. The maximum atomic E-state index is 13.1. The summed E-state index contributed by atoms with van der Waals surface area (Å²) in [6, 6.07) is 12.7. The van der Waals surface area contributed by atoms with Crippen LogP contribution in [0.5, 0.6) is 5.75 Å². The van der Waals surface area contributed by atoms with Crippen LogP contribution in [0.2, 0.25) is 0 Å². The number of carbonyl (C=O) groups excluding carboxylic acids is 1. The molecule has 1 atom stereocenters. The Bertz CT molecular complexity index is 1190. The second-order valence-corrected chi connectivity index (χ2v) is 9.08. The van der Waals surface area contributed by atoms with Crippen LogP contribution in [0.1, 0.15) is 18.4 Å². The van der Waals surface area contributed by atoms with E-state index in [1.807, 2.05) is 13.0 Å². The fraction of sp³-hybridized carbons (Fsp3) is 0.286. The number of anilines is 1. The van der Waals surface area contributed by atoms with Crippen molar-refractivity contribution in [2.45, 2.75) is 30.7 Å². The van der Waals surface area contributed by atoms with E-state index < -0.39 is 22.0 Å². The molecule has 1 unspecified atom stereocenters. The van der Waals surface area contributed by atoms with E-state index in [9.17, 15) is 13.2 Å². The van der Waals surface area contributed by atoms with Crippen molar-refractivity contribution in [2.75, 3.05) is 19.0 Å². The maximum Gasteiger partial charge on any atom is 0.322 e. The molecule has 0 saturated carbocycles. The summed E-state index contributed by atoms with van der Waals surface area (Å²) in [5, 5.41) is 10.4. The zero-order valence-corrected chi connectivity index (χ0v) is 17.9. The van der Waals surface area contributed by atoms with Gasteiger partial charge in [0.15, 0.2) is 0 Å². The lowest BCUT2D eigenvalue weighted by atomic mass is 10.2. The lowest BCUT2D eigenvalue weighted by Gasteiger charge is -2.22. The number of sulfonamides is 1. The average Bonchev–Trinajstić information content (AvgIpc) is 3.44. The fourth-order valence-corrected chi connectivity index (χ4v) is 5.18. The van der Waals surface area contributed by atoms with Gasteiger partial charge in [0, 0.05) is 6.54 Å². The Morgan fingerprint density at radius 2 is 1.90 bits per heavy atom. The van der Waals surface area contributed by atoms with Crippen LogP contribution in [-0.2, 0) is 14.8 Å². The van der Waals surface area contributed by atoms with Crippen molar-refractivity contribution in [3.8, 4) is 17.2 Å². The lowest BCUT2D eigenvalue weighted by Crippen LogP contribution is -2.43. The molecule has 0 bridgehead atoms. The van der Waals surface area contributed by atoms with Crippen LogP contribution in [0.15, 0.2) is 57.8 Å². The third kappa shape index (κ3) is 4.17. The van der Waals surface area contributed by atoms with Crippen LogP contribution in [0.25, 0.3) is 11.5 Å². The van der Waals surface area contributed by atoms with Gasteiger partial charge in [-0.25, -0.2) is 8.42 Å². The molecule has 1 saturated heterocycles. The van der Waals surface area contributed by atoms with Crippen LogP contribution >= 0.6 is 0 Å². The third-order valence-corrected chi connectivity index (χ3v) is 7.05. The largest absolute Gasteiger partial charge is 0.496 e. The maximum absolute atomic E-state index is 13.1. The normalized spacial score (nSPS) is 16.9. The molecule has 31 heavy (non-hydrogen) atoms. The van der Waals surface area contributed by atoms with E-state index >= 15 is 0 Å². The van der Waals surface area contributed by atoms with E-state index in [-0.39, 0.29) is 23.3 Å². The van der Waals surface area contributed by atoms with Gasteiger partial charge < -0.3 is 9.15 Å². The number of hydrogen-bond acceptors (Lipinski definition) is 7. The molecule has 1 aliphatic heterocycles. The molecule has 1 amide bonds. The number of methoxy groups -OCH3 is 1. The highest BCUT2D eigenvalue weighted by molar-refractivity contribution is 7.89. The molecule has 2 aromatic carbocycles. The predicted molar refractivity (Wildman–Crippen MR) is 113 cm³/mol. The van der Waals surface area contributed by atoms with Gasteiger partial charge in [0.05, 0.1) is 17.6 Å².